The number of nitrogens with zero attached hydrogens (tertiary/aromatic N) is 1. The maximum Gasteiger partial charge on any atom is 0.130 e. The molecule has 0 aliphatic heterocycles. The fourth-order valence-corrected chi connectivity index (χ4v) is 2.63. The molecule has 3 aromatic rings. The first-order chi connectivity index (χ1) is 11.3. The highest BCUT2D eigenvalue weighted by Crippen LogP contribution is 2.22. The van der Waals surface area contributed by atoms with Crippen LogP contribution in [0, 0.1) is 0 Å². The number of hydrogen-bond donors (Lipinski definition) is 1. The highest BCUT2D eigenvalue weighted by Gasteiger charge is 2.09. The van der Waals surface area contributed by atoms with Crippen molar-refractivity contribution in [1.29, 1.82) is 0 Å². The maximum absolute atomic E-state index is 10.4. The number of hydrogen-bond acceptors (Lipinski definition) is 3. The molecule has 3 rings (SSSR count). The Balaban J connectivity index is 1.50. The predicted octanol–water partition coefficient (Wildman–Crippen LogP) is 4.00. The number of rotatable bonds is 7. The number of para-hydroxylation sites is 1. The van der Waals surface area contributed by atoms with Gasteiger partial charge in [0.2, 0.25) is 0 Å². The van der Waals surface area contributed by atoms with Gasteiger partial charge in [0.1, 0.15) is 17.7 Å². The van der Waals surface area contributed by atoms with Crippen molar-refractivity contribution in [3.63, 3.8) is 0 Å². The largest absolute Gasteiger partial charge is 0.497 e. The molecule has 0 bridgehead atoms. The molecule has 23 heavy (non-hydrogen) atoms. The van der Waals surface area contributed by atoms with Gasteiger partial charge in [-0.25, -0.2) is 0 Å². The summed E-state index contributed by atoms with van der Waals surface area (Å²) in [6.07, 6.45) is 2.82. The third kappa shape index (κ3) is 3.66. The smallest absolute Gasteiger partial charge is 0.130 e. The molecule has 0 saturated heterocycles. The van der Waals surface area contributed by atoms with Crippen LogP contribution < -0.4 is 9.47 Å². The minimum atomic E-state index is -0.533. The Morgan fingerprint density at radius 1 is 1.00 bits per heavy atom. The van der Waals surface area contributed by atoms with Gasteiger partial charge in [-0.2, -0.15) is 0 Å². The third-order valence-corrected chi connectivity index (χ3v) is 3.89. The monoisotopic (exact) mass is 311 g/mol. The molecule has 4 nitrogen and oxygen atoms in total. The number of aliphatic hydroxyl groups excluding tert-OH is 1. The molecule has 120 valence electrons. The molecule has 1 N–H and O–H groups in total. The minimum absolute atomic E-state index is 0.533. The summed E-state index contributed by atoms with van der Waals surface area (Å²) in [6.45, 7) is 0.572. The highest BCUT2D eigenvalue weighted by atomic mass is 16.5. The summed E-state index contributed by atoms with van der Waals surface area (Å²) in [5, 5.41) is 11.5. The summed E-state index contributed by atoms with van der Waals surface area (Å²) >= 11 is 0. The SMILES string of the molecule is COc1ccc(OCCCC(O)n2ccc3ccccc32)cc1. The van der Waals surface area contributed by atoms with Crippen LogP contribution in [0.5, 0.6) is 11.5 Å². The first-order valence-corrected chi connectivity index (χ1v) is 7.78. The molecule has 1 unspecified atom stereocenters. The molecular weight excluding hydrogens is 290 g/mol. The summed E-state index contributed by atoms with van der Waals surface area (Å²) < 4.78 is 12.7. The molecule has 0 aliphatic carbocycles. The summed E-state index contributed by atoms with van der Waals surface area (Å²) in [6, 6.07) is 17.6. The average Bonchev–Trinajstić information content (AvgIpc) is 3.03. The molecule has 1 aromatic heterocycles. The van der Waals surface area contributed by atoms with E-state index in [4.69, 9.17) is 9.47 Å². The zero-order valence-electron chi connectivity index (χ0n) is 13.2. The van der Waals surface area contributed by atoms with Crippen molar-refractivity contribution in [2.75, 3.05) is 13.7 Å². The third-order valence-electron chi connectivity index (χ3n) is 3.89. The van der Waals surface area contributed by atoms with Crippen LogP contribution in [0.15, 0.2) is 60.8 Å². The van der Waals surface area contributed by atoms with Gasteiger partial charge in [0.25, 0.3) is 0 Å². The van der Waals surface area contributed by atoms with Gasteiger partial charge in [-0.1, -0.05) is 18.2 Å². The van der Waals surface area contributed by atoms with Gasteiger partial charge in [-0.3, -0.25) is 0 Å². The van der Waals surface area contributed by atoms with Crippen LogP contribution in [-0.2, 0) is 0 Å². The average molecular weight is 311 g/mol. The van der Waals surface area contributed by atoms with Crippen molar-refractivity contribution >= 4 is 10.9 Å². The van der Waals surface area contributed by atoms with Crippen LogP contribution in [0.4, 0.5) is 0 Å². The molecule has 0 radical (unpaired) electrons. The Bertz CT molecular complexity index is 749. The molecular formula is C19H21NO3. The van der Waals surface area contributed by atoms with E-state index in [1.165, 1.54) is 0 Å². The van der Waals surface area contributed by atoms with Crippen molar-refractivity contribution in [2.24, 2.45) is 0 Å². The Hall–Kier alpha value is -2.46. The molecule has 0 saturated carbocycles. The van der Waals surface area contributed by atoms with Gasteiger partial charge < -0.3 is 19.1 Å². The molecule has 2 aromatic carbocycles. The van der Waals surface area contributed by atoms with Gasteiger partial charge in [0, 0.05) is 6.20 Å². The van der Waals surface area contributed by atoms with Crippen LogP contribution in [0.1, 0.15) is 19.1 Å². The number of aromatic nitrogens is 1. The fraction of sp³-hybridized carbons (Fsp3) is 0.263. The second kappa shape index (κ2) is 7.20. The molecule has 0 fully saturated rings. The lowest BCUT2D eigenvalue weighted by atomic mass is 10.2. The summed E-state index contributed by atoms with van der Waals surface area (Å²) in [4.78, 5) is 0. The molecule has 0 amide bonds. The van der Waals surface area contributed by atoms with E-state index in [0.29, 0.717) is 13.0 Å². The van der Waals surface area contributed by atoms with Crippen molar-refractivity contribution in [2.45, 2.75) is 19.1 Å². The van der Waals surface area contributed by atoms with Gasteiger partial charge >= 0.3 is 0 Å². The number of fused-ring (bicyclic) bond motifs is 1. The lowest BCUT2D eigenvalue weighted by Crippen LogP contribution is -2.09. The highest BCUT2D eigenvalue weighted by molar-refractivity contribution is 5.79. The van der Waals surface area contributed by atoms with E-state index in [1.54, 1.807) is 7.11 Å². The van der Waals surface area contributed by atoms with E-state index in [9.17, 15) is 5.11 Å². The quantitative estimate of drug-likeness (QED) is 0.671. The summed E-state index contributed by atoms with van der Waals surface area (Å²) in [5.41, 5.74) is 1.05. The predicted molar refractivity (Wildman–Crippen MR) is 90.9 cm³/mol. The Morgan fingerprint density at radius 2 is 1.74 bits per heavy atom. The van der Waals surface area contributed by atoms with Crippen LogP contribution >= 0.6 is 0 Å². The first-order valence-electron chi connectivity index (χ1n) is 7.78. The van der Waals surface area contributed by atoms with Crippen LogP contribution in [0.2, 0.25) is 0 Å². The van der Waals surface area contributed by atoms with Gasteiger partial charge in [0.05, 0.1) is 19.2 Å². The zero-order valence-corrected chi connectivity index (χ0v) is 13.2. The second-order valence-electron chi connectivity index (χ2n) is 5.43. The standard InChI is InChI=1S/C19H21NO3/c1-22-16-8-10-17(11-9-16)23-14-4-7-19(21)20-13-12-15-5-2-3-6-18(15)20/h2-3,5-6,8-13,19,21H,4,7,14H2,1H3. The van der Waals surface area contributed by atoms with Crippen molar-refractivity contribution in [3.05, 3.63) is 60.8 Å². The molecule has 0 spiro atoms. The van der Waals surface area contributed by atoms with Crippen molar-refractivity contribution in [1.82, 2.24) is 4.57 Å². The normalized spacial score (nSPS) is 12.3. The molecule has 4 heteroatoms. The zero-order chi connectivity index (χ0) is 16.1. The van der Waals surface area contributed by atoms with E-state index < -0.39 is 6.23 Å². The fourth-order valence-electron chi connectivity index (χ4n) is 2.63. The van der Waals surface area contributed by atoms with Gasteiger partial charge in [-0.15, -0.1) is 0 Å². The Kier molecular flexibility index (Phi) is 4.83. The minimum Gasteiger partial charge on any atom is -0.497 e. The van der Waals surface area contributed by atoms with E-state index in [2.05, 4.69) is 0 Å². The number of aliphatic hydroxyl groups is 1. The van der Waals surface area contributed by atoms with Crippen LogP contribution in [0.3, 0.4) is 0 Å². The topological polar surface area (TPSA) is 43.6 Å². The van der Waals surface area contributed by atoms with Crippen LogP contribution in [0.25, 0.3) is 10.9 Å². The van der Waals surface area contributed by atoms with Crippen molar-refractivity contribution in [3.8, 4) is 11.5 Å². The first kappa shape index (κ1) is 15.4. The molecule has 0 aliphatic rings. The van der Waals surface area contributed by atoms with Gasteiger partial charge in [-0.05, 0) is 54.6 Å². The molecule has 1 heterocycles. The lowest BCUT2D eigenvalue weighted by molar-refractivity contribution is 0.0912. The van der Waals surface area contributed by atoms with E-state index in [1.807, 2.05) is 65.4 Å². The van der Waals surface area contributed by atoms with E-state index in [-0.39, 0.29) is 0 Å². The Morgan fingerprint density at radius 3 is 2.52 bits per heavy atom. The summed E-state index contributed by atoms with van der Waals surface area (Å²) in [5.74, 6) is 1.62. The Labute approximate surface area is 135 Å². The maximum atomic E-state index is 10.4. The number of ether oxygens (including phenoxy) is 2. The van der Waals surface area contributed by atoms with E-state index in [0.717, 1.165) is 28.8 Å². The lowest BCUT2D eigenvalue weighted by Gasteiger charge is -2.14. The molecule has 1 atom stereocenters. The van der Waals surface area contributed by atoms with Crippen molar-refractivity contribution < 1.29 is 14.6 Å². The second-order valence-corrected chi connectivity index (χ2v) is 5.43. The van der Waals surface area contributed by atoms with Crippen LogP contribution in [-0.4, -0.2) is 23.4 Å². The van der Waals surface area contributed by atoms with Gasteiger partial charge in [0.15, 0.2) is 0 Å². The van der Waals surface area contributed by atoms with E-state index >= 15 is 0 Å². The number of methoxy groups -OCH3 is 1. The number of benzene rings is 2. The summed E-state index contributed by atoms with van der Waals surface area (Å²) in [7, 11) is 1.64.